The maximum absolute atomic E-state index is 13.3. The van der Waals surface area contributed by atoms with Crippen LogP contribution >= 0.6 is 0 Å². The van der Waals surface area contributed by atoms with E-state index in [0.717, 1.165) is 6.42 Å². The van der Waals surface area contributed by atoms with E-state index < -0.39 is 54.0 Å². The Morgan fingerprint density at radius 2 is 2.00 bits per heavy atom. The number of ether oxygens (including phenoxy) is 6. The Morgan fingerprint density at radius 3 is 2.66 bits per heavy atom. The predicted molar refractivity (Wildman–Crippen MR) is 170 cm³/mol. The zero-order valence-corrected chi connectivity index (χ0v) is 28.2. The Labute approximate surface area is 276 Å². The second kappa shape index (κ2) is 14.2. The van der Waals surface area contributed by atoms with Crippen molar-refractivity contribution in [2.45, 2.75) is 89.6 Å². The molecule has 0 amide bonds. The van der Waals surface area contributed by atoms with Crippen LogP contribution in [-0.2, 0) is 45.1 Å². The summed E-state index contributed by atoms with van der Waals surface area (Å²) < 4.78 is 38.1. The van der Waals surface area contributed by atoms with Gasteiger partial charge in [0.25, 0.3) is 0 Å². The lowest BCUT2D eigenvalue weighted by molar-refractivity contribution is -0.277. The molecule has 0 radical (unpaired) electrons. The van der Waals surface area contributed by atoms with E-state index in [9.17, 15) is 19.8 Å². The summed E-state index contributed by atoms with van der Waals surface area (Å²) in [4.78, 5) is 29.4. The molecule has 1 aromatic heterocycles. The molecule has 1 saturated heterocycles. The number of aliphatic hydroxyl groups excluding tert-OH is 2. The van der Waals surface area contributed by atoms with Gasteiger partial charge in [0.15, 0.2) is 12.4 Å². The summed E-state index contributed by atoms with van der Waals surface area (Å²) in [5.41, 5.74) is 1.43. The molecule has 10 atom stereocenters. The van der Waals surface area contributed by atoms with Gasteiger partial charge in [-0.2, -0.15) is 0 Å². The number of carbonyl (C=O) groups excluding carboxylic acids is 2. The molecule has 12 nitrogen and oxygen atoms in total. The molecular formula is C35H48N2O10. The van der Waals surface area contributed by atoms with Crippen LogP contribution in [0.25, 0.3) is 6.08 Å². The Bertz CT molecular complexity index is 1430. The number of esters is 2. The average molecular weight is 657 g/mol. The highest BCUT2D eigenvalue weighted by Gasteiger charge is 2.54. The highest BCUT2D eigenvalue weighted by atomic mass is 16.7. The van der Waals surface area contributed by atoms with Crippen LogP contribution in [0.1, 0.15) is 53.2 Å². The lowest BCUT2D eigenvalue weighted by atomic mass is 9.65. The number of fused-ring (bicyclic) bond motifs is 3. The zero-order chi connectivity index (χ0) is 34.1. The molecule has 4 heterocycles. The topological polar surface area (TPSA) is 148 Å². The smallest absolute Gasteiger partial charge is 0.331 e. The standard InChI is InChI=1S/C35H48N2O10/c1-20(2)25-10-8-21(3)26-15-29(46-30(40)11-9-24-16-37(6)19-36-24)34(5)12-13-35(42-7,47-34)23(14-27(25)26)17-43-33-32(45-22(4)38)31(41)28(39)18-44-33/h8-9,11-14,16,19-20,25-29,31-33,39,41H,10,15,17-18H2,1-7H3/b11-9-,23-14?/t25-,26+,27-,28-,29+,31-,32+,33-,34+,35-/m1/s1. The van der Waals surface area contributed by atoms with Gasteiger partial charge in [-0.3, -0.25) is 4.79 Å². The lowest BCUT2D eigenvalue weighted by Crippen LogP contribution is -2.55. The maximum atomic E-state index is 13.3. The number of hydrogen-bond acceptors (Lipinski definition) is 11. The van der Waals surface area contributed by atoms with E-state index in [-0.39, 0.29) is 31.0 Å². The summed E-state index contributed by atoms with van der Waals surface area (Å²) in [7, 11) is 3.40. The van der Waals surface area contributed by atoms with Crippen molar-refractivity contribution in [1.29, 1.82) is 0 Å². The van der Waals surface area contributed by atoms with Crippen LogP contribution in [0.2, 0.25) is 0 Å². The molecule has 4 aliphatic rings. The van der Waals surface area contributed by atoms with E-state index in [4.69, 9.17) is 28.4 Å². The number of methoxy groups -OCH3 is 1. The van der Waals surface area contributed by atoms with Crippen molar-refractivity contribution in [2.24, 2.45) is 30.7 Å². The number of hydrogen-bond donors (Lipinski definition) is 2. The fourth-order valence-electron chi connectivity index (χ4n) is 7.17. The Hall–Kier alpha value is -3.13. The maximum Gasteiger partial charge on any atom is 0.331 e. The monoisotopic (exact) mass is 656 g/mol. The highest BCUT2D eigenvalue weighted by Crippen LogP contribution is 2.49. The van der Waals surface area contributed by atoms with E-state index in [1.807, 2.05) is 26.1 Å². The molecule has 258 valence electrons. The Morgan fingerprint density at radius 1 is 1.23 bits per heavy atom. The number of rotatable bonds is 9. The number of aromatic nitrogens is 2. The van der Waals surface area contributed by atoms with E-state index in [1.165, 1.54) is 18.6 Å². The first-order valence-corrected chi connectivity index (χ1v) is 16.2. The fraction of sp³-hybridized carbons (Fsp3) is 0.629. The van der Waals surface area contributed by atoms with Crippen LogP contribution in [-0.4, -0.2) is 94.1 Å². The predicted octanol–water partition coefficient (Wildman–Crippen LogP) is 3.24. The highest BCUT2D eigenvalue weighted by molar-refractivity contribution is 5.86. The molecule has 0 unspecified atom stereocenters. The van der Waals surface area contributed by atoms with Crippen LogP contribution in [0.4, 0.5) is 0 Å². The normalized spacial score (nSPS) is 37.1. The summed E-state index contributed by atoms with van der Waals surface area (Å²) in [5, 5.41) is 20.8. The van der Waals surface area contributed by atoms with Gasteiger partial charge in [0.2, 0.25) is 5.79 Å². The molecule has 12 heteroatoms. The third kappa shape index (κ3) is 7.48. The van der Waals surface area contributed by atoms with Gasteiger partial charge in [0.1, 0.15) is 23.9 Å². The van der Waals surface area contributed by atoms with Crippen molar-refractivity contribution in [3.8, 4) is 0 Å². The van der Waals surface area contributed by atoms with Crippen molar-refractivity contribution in [2.75, 3.05) is 20.3 Å². The van der Waals surface area contributed by atoms with Gasteiger partial charge in [-0.05, 0) is 68.6 Å². The molecule has 0 spiro atoms. The van der Waals surface area contributed by atoms with Gasteiger partial charge in [0.05, 0.1) is 25.2 Å². The Balaban J connectivity index is 1.49. The first kappa shape index (κ1) is 35.2. The zero-order valence-electron chi connectivity index (χ0n) is 28.2. The lowest BCUT2D eigenvalue weighted by Gasteiger charge is -2.41. The van der Waals surface area contributed by atoms with Crippen molar-refractivity contribution < 1.29 is 48.2 Å². The summed E-state index contributed by atoms with van der Waals surface area (Å²) in [6.45, 7) is 9.36. The number of nitrogens with zero attached hydrogens (tertiary/aromatic N) is 2. The third-order valence-corrected chi connectivity index (χ3v) is 9.88. The minimum absolute atomic E-state index is 0.0137. The van der Waals surface area contributed by atoms with Crippen LogP contribution in [0.5, 0.6) is 0 Å². The Kier molecular flexibility index (Phi) is 10.6. The minimum atomic E-state index is -1.39. The van der Waals surface area contributed by atoms with Crippen LogP contribution in [0, 0.1) is 23.7 Å². The van der Waals surface area contributed by atoms with Gasteiger partial charge in [-0.25, -0.2) is 9.78 Å². The molecule has 0 aromatic carbocycles. The number of allylic oxidation sites excluding steroid dienone is 3. The average Bonchev–Trinajstić information content (AvgIpc) is 3.61. The molecule has 2 bridgehead atoms. The quantitative estimate of drug-likeness (QED) is 0.229. The van der Waals surface area contributed by atoms with E-state index in [2.05, 4.69) is 37.9 Å². The first-order valence-electron chi connectivity index (χ1n) is 16.2. The second-order valence-electron chi connectivity index (χ2n) is 13.6. The molecular weight excluding hydrogens is 608 g/mol. The van der Waals surface area contributed by atoms with Crippen molar-refractivity contribution >= 4 is 18.0 Å². The fourth-order valence-corrected chi connectivity index (χ4v) is 7.17. The molecule has 1 aromatic rings. The molecule has 1 aliphatic carbocycles. The number of aliphatic hydroxyl groups is 2. The van der Waals surface area contributed by atoms with E-state index in [1.54, 1.807) is 30.3 Å². The molecule has 2 N–H and O–H groups in total. The van der Waals surface area contributed by atoms with Gasteiger partial charge < -0.3 is 43.2 Å². The van der Waals surface area contributed by atoms with Crippen LogP contribution in [0.15, 0.2) is 54.1 Å². The third-order valence-electron chi connectivity index (χ3n) is 9.88. The summed E-state index contributed by atoms with van der Waals surface area (Å²) in [6.07, 6.45) is 10.3. The first-order chi connectivity index (χ1) is 22.2. The van der Waals surface area contributed by atoms with E-state index in [0.29, 0.717) is 23.6 Å². The minimum Gasteiger partial charge on any atom is -0.456 e. The summed E-state index contributed by atoms with van der Waals surface area (Å²) in [6, 6.07) is 0. The van der Waals surface area contributed by atoms with Gasteiger partial charge in [-0.1, -0.05) is 31.6 Å². The summed E-state index contributed by atoms with van der Waals surface area (Å²) >= 11 is 0. The van der Waals surface area contributed by atoms with Crippen molar-refractivity contribution in [3.05, 3.63) is 59.7 Å². The SMILES string of the molecule is CO[C@]12C=C[C@](C)(O1)[C@@H](OC(=O)/C=C\c1cn(C)cn1)C[C@H]1C(C)=CC[C@H](C(C)C)[C@H]1C=C2CO[C@@H]1OC[C@@H](O)[C@@H](O)[C@@H]1OC(C)=O. The molecule has 1 fully saturated rings. The van der Waals surface area contributed by atoms with Gasteiger partial charge in [-0.15, -0.1) is 0 Å². The van der Waals surface area contributed by atoms with Crippen LogP contribution < -0.4 is 0 Å². The molecule has 3 aliphatic heterocycles. The van der Waals surface area contributed by atoms with Crippen LogP contribution in [0.3, 0.4) is 0 Å². The number of aryl methyl sites for hydroxylation is 1. The van der Waals surface area contributed by atoms with Crippen molar-refractivity contribution in [1.82, 2.24) is 9.55 Å². The summed E-state index contributed by atoms with van der Waals surface area (Å²) in [5.74, 6) is -1.90. The van der Waals surface area contributed by atoms with Crippen molar-refractivity contribution in [3.63, 3.8) is 0 Å². The molecule has 0 saturated carbocycles. The number of imidazole rings is 1. The molecule has 5 rings (SSSR count). The largest absolute Gasteiger partial charge is 0.456 e. The second-order valence-corrected chi connectivity index (χ2v) is 13.6. The van der Waals surface area contributed by atoms with Gasteiger partial charge >= 0.3 is 11.9 Å². The number of carbonyl (C=O) groups is 2. The van der Waals surface area contributed by atoms with E-state index >= 15 is 0 Å². The van der Waals surface area contributed by atoms with Gasteiger partial charge in [0, 0.05) is 38.9 Å². The molecule has 47 heavy (non-hydrogen) atoms.